The molecule has 2 aromatic rings. The molecule has 0 fully saturated rings. The number of aromatic nitrogens is 1. The molecule has 4 N–H and O–H groups in total. The summed E-state index contributed by atoms with van der Waals surface area (Å²) < 4.78 is 22.2. The standard InChI is InChI=1S/C13H15N3O3S/c14-20(18,19)11-5-3-10(4-6-11)7-9-16-13(17)12-2-1-8-15-12/h1-6,8,15H,7,9H2,(H,16,17)(H2,14,18,19). The van der Waals surface area contributed by atoms with Crippen LogP contribution in [0.15, 0.2) is 47.5 Å². The topological polar surface area (TPSA) is 105 Å². The summed E-state index contributed by atoms with van der Waals surface area (Å²) in [5.74, 6) is -0.170. The van der Waals surface area contributed by atoms with Gasteiger partial charge in [0.1, 0.15) is 5.69 Å². The van der Waals surface area contributed by atoms with Crippen LogP contribution in [0.2, 0.25) is 0 Å². The molecule has 0 aliphatic heterocycles. The van der Waals surface area contributed by atoms with E-state index < -0.39 is 10.0 Å². The van der Waals surface area contributed by atoms with Gasteiger partial charge in [0.2, 0.25) is 10.0 Å². The van der Waals surface area contributed by atoms with Crippen molar-refractivity contribution in [1.29, 1.82) is 0 Å². The Kier molecular flexibility index (Phi) is 4.21. The number of hydrogen-bond donors (Lipinski definition) is 3. The third kappa shape index (κ3) is 3.69. The molecule has 20 heavy (non-hydrogen) atoms. The summed E-state index contributed by atoms with van der Waals surface area (Å²) in [6, 6.07) is 9.72. The molecule has 1 heterocycles. The highest BCUT2D eigenvalue weighted by Gasteiger charge is 2.07. The van der Waals surface area contributed by atoms with Crippen molar-refractivity contribution in [3.63, 3.8) is 0 Å². The van der Waals surface area contributed by atoms with E-state index in [1.165, 1.54) is 12.1 Å². The smallest absolute Gasteiger partial charge is 0.267 e. The number of carbonyl (C=O) groups is 1. The second-order valence-electron chi connectivity index (χ2n) is 4.28. The first kappa shape index (κ1) is 14.3. The fraction of sp³-hybridized carbons (Fsp3) is 0.154. The second-order valence-corrected chi connectivity index (χ2v) is 5.84. The number of hydrogen-bond acceptors (Lipinski definition) is 3. The van der Waals surface area contributed by atoms with Gasteiger partial charge in [0, 0.05) is 12.7 Å². The van der Waals surface area contributed by atoms with Gasteiger partial charge in [-0.3, -0.25) is 4.79 Å². The number of H-pyrrole nitrogens is 1. The third-order valence-corrected chi connectivity index (χ3v) is 3.72. The van der Waals surface area contributed by atoms with Crippen molar-refractivity contribution < 1.29 is 13.2 Å². The van der Waals surface area contributed by atoms with Gasteiger partial charge < -0.3 is 10.3 Å². The molecule has 1 aromatic carbocycles. The van der Waals surface area contributed by atoms with Crippen LogP contribution in [-0.4, -0.2) is 25.9 Å². The van der Waals surface area contributed by atoms with Crippen molar-refractivity contribution in [2.45, 2.75) is 11.3 Å². The first-order chi connectivity index (χ1) is 9.47. The van der Waals surface area contributed by atoms with Crippen LogP contribution >= 0.6 is 0 Å². The number of nitrogens with one attached hydrogen (secondary N) is 2. The Morgan fingerprint density at radius 2 is 1.90 bits per heavy atom. The molecule has 106 valence electrons. The fourth-order valence-electron chi connectivity index (χ4n) is 1.73. The molecule has 6 nitrogen and oxygen atoms in total. The molecule has 2 rings (SSSR count). The highest BCUT2D eigenvalue weighted by molar-refractivity contribution is 7.89. The quantitative estimate of drug-likeness (QED) is 0.753. The van der Waals surface area contributed by atoms with E-state index in [4.69, 9.17) is 5.14 Å². The molecule has 0 aliphatic carbocycles. The summed E-state index contributed by atoms with van der Waals surface area (Å²) in [5.41, 5.74) is 1.43. The van der Waals surface area contributed by atoms with E-state index in [1.54, 1.807) is 30.5 Å². The van der Waals surface area contributed by atoms with Crippen molar-refractivity contribution in [2.24, 2.45) is 5.14 Å². The lowest BCUT2D eigenvalue weighted by Crippen LogP contribution is -2.25. The Bertz CT molecular complexity index is 676. The minimum atomic E-state index is -3.66. The minimum absolute atomic E-state index is 0.0803. The van der Waals surface area contributed by atoms with Gasteiger partial charge in [0.25, 0.3) is 5.91 Å². The van der Waals surface area contributed by atoms with Crippen LogP contribution in [0.3, 0.4) is 0 Å². The maximum atomic E-state index is 11.6. The number of primary sulfonamides is 1. The van der Waals surface area contributed by atoms with E-state index in [-0.39, 0.29) is 10.8 Å². The first-order valence-electron chi connectivity index (χ1n) is 6.00. The molecule has 0 atom stereocenters. The predicted octanol–water partition coefficient (Wildman–Crippen LogP) is 0.635. The third-order valence-electron chi connectivity index (χ3n) is 2.79. The van der Waals surface area contributed by atoms with Gasteiger partial charge >= 0.3 is 0 Å². The number of sulfonamides is 1. The number of amides is 1. The number of benzene rings is 1. The van der Waals surface area contributed by atoms with Crippen LogP contribution in [0.5, 0.6) is 0 Å². The summed E-state index contributed by atoms with van der Waals surface area (Å²) in [6.07, 6.45) is 2.29. The maximum Gasteiger partial charge on any atom is 0.267 e. The Hall–Kier alpha value is -2.12. The minimum Gasteiger partial charge on any atom is -0.357 e. The summed E-state index contributed by atoms with van der Waals surface area (Å²) in [7, 11) is -3.66. The van der Waals surface area contributed by atoms with Gasteiger partial charge in [-0.15, -0.1) is 0 Å². The second kappa shape index (κ2) is 5.89. The zero-order valence-electron chi connectivity index (χ0n) is 10.7. The van der Waals surface area contributed by atoms with Crippen LogP contribution in [-0.2, 0) is 16.4 Å². The summed E-state index contributed by atoms with van der Waals surface area (Å²) >= 11 is 0. The average Bonchev–Trinajstić information content (AvgIpc) is 2.92. The van der Waals surface area contributed by atoms with Gasteiger partial charge in [-0.05, 0) is 36.2 Å². The Balaban J connectivity index is 1.87. The molecular formula is C13H15N3O3S. The van der Waals surface area contributed by atoms with E-state index >= 15 is 0 Å². The van der Waals surface area contributed by atoms with E-state index in [0.29, 0.717) is 18.7 Å². The highest BCUT2D eigenvalue weighted by atomic mass is 32.2. The molecule has 7 heteroatoms. The monoisotopic (exact) mass is 293 g/mol. The van der Waals surface area contributed by atoms with Gasteiger partial charge in [-0.25, -0.2) is 13.6 Å². The summed E-state index contributed by atoms with van der Waals surface area (Å²) in [4.78, 5) is 14.5. The van der Waals surface area contributed by atoms with Crippen LogP contribution in [0.1, 0.15) is 16.1 Å². The van der Waals surface area contributed by atoms with Gasteiger partial charge in [0.05, 0.1) is 4.90 Å². The zero-order valence-corrected chi connectivity index (χ0v) is 11.5. The average molecular weight is 293 g/mol. The van der Waals surface area contributed by atoms with Gasteiger partial charge in [-0.1, -0.05) is 12.1 Å². The normalized spacial score (nSPS) is 11.2. The lowest BCUT2D eigenvalue weighted by atomic mass is 10.1. The van der Waals surface area contributed by atoms with Crippen LogP contribution in [0.4, 0.5) is 0 Å². The molecule has 0 unspecified atom stereocenters. The Morgan fingerprint density at radius 1 is 1.20 bits per heavy atom. The highest BCUT2D eigenvalue weighted by Crippen LogP contribution is 2.08. The predicted molar refractivity (Wildman–Crippen MR) is 74.6 cm³/mol. The molecule has 0 saturated carbocycles. The van der Waals surface area contributed by atoms with Crippen molar-refractivity contribution >= 4 is 15.9 Å². The lowest BCUT2D eigenvalue weighted by molar-refractivity contribution is 0.0950. The Morgan fingerprint density at radius 3 is 2.45 bits per heavy atom. The molecule has 0 aliphatic rings. The number of carbonyl (C=O) groups excluding carboxylic acids is 1. The SMILES string of the molecule is NS(=O)(=O)c1ccc(CCNC(=O)c2ccc[nH]2)cc1. The number of rotatable bonds is 5. The van der Waals surface area contributed by atoms with Crippen molar-refractivity contribution in [2.75, 3.05) is 6.54 Å². The summed E-state index contributed by atoms with van der Waals surface area (Å²) in [6.45, 7) is 0.465. The van der Waals surface area contributed by atoms with Crippen molar-refractivity contribution in [1.82, 2.24) is 10.3 Å². The maximum absolute atomic E-state index is 11.6. The largest absolute Gasteiger partial charge is 0.357 e. The molecular weight excluding hydrogens is 278 g/mol. The zero-order chi connectivity index (χ0) is 14.6. The lowest BCUT2D eigenvalue weighted by Gasteiger charge is -2.05. The fourth-order valence-corrected chi connectivity index (χ4v) is 2.25. The number of aromatic amines is 1. The number of nitrogens with two attached hydrogens (primary N) is 1. The van der Waals surface area contributed by atoms with Crippen LogP contribution in [0, 0.1) is 0 Å². The molecule has 0 spiro atoms. The molecule has 0 saturated heterocycles. The van der Waals surface area contributed by atoms with Crippen molar-refractivity contribution in [3.05, 3.63) is 53.9 Å². The van der Waals surface area contributed by atoms with E-state index in [9.17, 15) is 13.2 Å². The van der Waals surface area contributed by atoms with Crippen LogP contribution < -0.4 is 10.5 Å². The van der Waals surface area contributed by atoms with Gasteiger partial charge in [0.15, 0.2) is 0 Å². The molecule has 1 aromatic heterocycles. The Labute approximate surface area is 117 Å². The van der Waals surface area contributed by atoms with E-state index in [0.717, 1.165) is 5.56 Å². The van der Waals surface area contributed by atoms with E-state index in [2.05, 4.69) is 10.3 Å². The molecule has 1 amide bonds. The van der Waals surface area contributed by atoms with Gasteiger partial charge in [-0.2, -0.15) is 0 Å². The first-order valence-corrected chi connectivity index (χ1v) is 7.55. The molecule has 0 radical (unpaired) electrons. The molecule has 0 bridgehead atoms. The van der Waals surface area contributed by atoms with Crippen LogP contribution in [0.25, 0.3) is 0 Å². The summed E-state index contributed by atoms with van der Waals surface area (Å²) in [5, 5.41) is 7.78. The van der Waals surface area contributed by atoms with E-state index in [1.807, 2.05) is 0 Å². The van der Waals surface area contributed by atoms with Crippen molar-refractivity contribution in [3.8, 4) is 0 Å².